The number of nitriles is 1. The van der Waals surface area contributed by atoms with Crippen LogP contribution in [0.1, 0.15) is 25.3 Å². The molecule has 1 unspecified atom stereocenters. The second-order valence-electron chi connectivity index (χ2n) is 6.21. The van der Waals surface area contributed by atoms with Gasteiger partial charge in [-0.3, -0.25) is 4.98 Å². The van der Waals surface area contributed by atoms with Gasteiger partial charge in [-0.1, -0.05) is 55.4 Å². The average molecular weight is 408 g/mol. The Bertz CT molecular complexity index is 943. The molecule has 0 saturated carbocycles. The first kappa shape index (κ1) is 20.4. The zero-order valence-corrected chi connectivity index (χ0v) is 17.3. The fourth-order valence-electron chi connectivity index (χ4n) is 2.73. The van der Waals surface area contributed by atoms with Crippen molar-refractivity contribution in [3.63, 3.8) is 0 Å². The van der Waals surface area contributed by atoms with Crippen molar-refractivity contribution in [3.05, 3.63) is 66.5 Å². The molecule has 0 aliphatic heterocycles. The molecule has 0 bridgehead atoms. The van der Waals surface area contributed by atoms with E-state index in [2.05, 4.69) is 18.0 Å². The topological polar surface area (TPSA) is 72.6 Å². The van der Waals surface area contributed by atoms with Crippen molar-refractivity contribution in [3.8, 4) is 28.5 Å². The zero-order valence-electron chi connectivity index (χ0n) is 15.7. The third kappa shape index (κ3) is 5.14. The van der Waals surface area contributed by atoms with E-state index in [9.17, 15) is 9.81 Å². The molecule has 0 amide bonds. The lowest BCUT2D eigenvalue weighted by molar-refractivity contribution is 0.596. The summed E-state index contributed by atoms with van der Waals surface area (Å²) in [5.74, 6) is 0.680. The molecule has 142 valence electrons. The van der Waals surface area contributed by atoms with Crippen LogP contribution in [0.3, 0.4) is 0 Å². The molecule has 2 aromatic heterocycles. The molecular weight excluding hydrogens is 386 g/mol. The minimum absolute atomic E-state index is 0.437. The Balaban J connectivity index is 2.03. The third-order valence-corrected chi connectivity index (χ3v) is 7.03. The maximum atomic E-state index is 12.3. The summed E-state index contributed by atoms with van der Waals surface area (Å²) in [5.41, 5.74) is 3.96. The van der Waals surface area contributed by atoms with Gasteiger partial charge < -0.3 is 4.55 Å². The average Bonchev–Trinajstić information content (AvgIpc) is 2.76. The summed E-state index contributed by atoms with van der Waals surface area (Å²) in [7, 11) is 0. The molecule has 0 aliphatic carbocycles. The first-order valence-electron chi connectivity index (χ1n) is 9.11. The van der Waals surface area contributed by atoms with Gasteiger partial charge in [0.1, 0.15) is 16.8 Å². The van der Waals surface area contributed by atoms with Crippen LogP contribution in [0.4, 0.5) is 0 Å². The molecule has 0 N–H and O–H groups in total. The van der Waals surface area contributed by atoms with Crippen LogP contribution < -0.4 is 0 Å². The number of thioether (sulfide) groups is 1. The Kier molecular flexibility index (Phi) is 7.49. The highest BCUT2D eigenvalue weighted by Crippen LogP contribution is 2.34. The van der Waals surface area contributed by atoms with Gasteiger partial charge in [-0.15, -0.1) is 0 Å². The van der Waals surface area contributed by atoms with Gasteiger partial charge in [-0.2, -0.15) is 5.26 Å². The van der Waals surface area contributed by atoms with Crippen molar-refractivity contribution < 1.29 is 4.55 Å². The largest absolute Gasteiger partial charge is 0.616 e. The van der Waals surface area contributed by atoms with Gasteiger partial charge in [-0.25, -0.2) is 4.98 Å². The van der Waals surface area contributed by atoms with E-state index in [0.29, 0.717) is 21.4 Å². The number of rotatable bonds is 8. The zero-order chi connectivity index (χ0) is 19.8. The summed E-state index contributed by atoms with van der Waals surface area (Å²) in [6.45, 7) is 2.09. The van der Waals surface area contributed by atoms with Crippen molar-refractivity contribution in [2.75, 3.05) is 10.8 Å². The molecule has 3 rings (SSSR count). The number of unbranched alkanes of at least 4 members (excludes halogenated alkanes) is 1. The molecule has 0 saturated heterocycles. The van der Waals surface area contributed by atoms with E-state index < -0.39 is 11.2 Å². The molecular formula is C22H21N3OS2. The summed E-state index contributed by atoms with van der Waals surface area (Å²) < 4.78 is 12.3. The van der Waals surface area contributed by atoms with Crippen LogP contribution in [0.5, 0.6) is 0 Å². The Morgan fingerprint density at radius 3 is 2.61 bits per heavy atom. The minimum atomic E-state index is -0.932. The van der Waals surface area contributed by atoms with Gasteiger partial charge in [0, 0.05) is 23.5 Å². The second-order valence-corrected chi connectivity index (χ2v) is 9.12. The predicted octanol–water partition coefficient (Wildman–Crippen LogP) is 5.28. The molecule has 6 heteroatoms. The highest BCUT2D eigenvalue weighted by molar-refractivity contribution is 8.12. The Morgan fingerprint density at radius 1 is 1.14 bits per heavy atom. The van der Waals surface area contributed by atoms with E-state index >= 15 is 0 Å². The summed E-state index contributed by atoms with van der Waals surface area (Å²) in [6.07, 6.45) is 5.44. The predicted molar refractivity (Wildman–Crippen MR) is 116 cm³/mol. The van der Waals surface area contributed by atoms with Crippen molar-refractivity contribution in [1.29, 1.82) is 5.26 Å². The highest BCUT2D eigenvalue weighted by atomic mass is 32.3. The lowest BCUT2D eigenvalue weighted by atomic mass is 10.00. The van der Waals surface area contributed by atoms with E-state index in [1.54, 1.807) is 12.4 Å². The van der Waals surface area contributed by atoms with Crippen LogP contribution in [0.25, 0.3) is 22.4 Å². The molecule has 4 nitrogen and oxygen atoms in total. The molecule has 0 radical (unpaired) electrons. The highest BCUT2D eigenvalue weighted by Gasteiger charge is 2.18. The standard InChI is InChI=1S/C22H21N3OS2/c1-2-3-12-28(26)16-27-22-20(14-23)19(17-8-5-4-6-9-17)13-21(25-22)18-10-7-11-24-15-18/h4-11,13,15H,2-3,12,16H2,1H3. The number of benzene rings is 1. The number of pyridine rings is 2. The van der Waals surface area contributed by atoms with Gasteiger partial charge in [0.2, 0.25) is 0 Å². The Hall–Kier alpha value is -2.33. The summed E-state index contributed by atoms with van der Waals surface area (Å²) >= 11 is 0.462. The lowest BCUT2D eigenvalue weighted by Gasteiger charge is -2.14. The number of hydrogen-bond donors (Lipinski definition) is 0. The molecule has 1 aromatic carbocycles. The van der Waals surface area contributed by atoms with Crippen molar-refractivity contribution in [2.24, 2.45) is 0 Å². The molecule has 3 aromatic rings. The fraction of sp³-hybridized carbons (Fsp3) is 0.227. The van der Waals surface area contributed by atoms with Gasteiger partial charge in [-0.05, 0) is 41.4 Å². The van der Waals surface area contributed by atoms with Crippen LogP contribution in [-0.4, -0.2) is 25.4 Å². The molecule has 0 spiro atoms. The minimum Gasteiger partial charge on any atom is -0.616 e. The van der Waals surface area contributed by atoms with Crippen molar-refractivity contribution in [2.45, 2.75) is 24.8 Å². The quantitative estimate of drug-likeness (QED) is 0.375. The Labute approximate surface area is 173 Å². The fourth-order valence-corrected chi connectivity index (χ4v) is 5.24. The number of nitrogens with zero attached hydrogens (tertiary/aromatic N) is 3. The van der Waals surface area contributed by atoms with Gasteiger partial charge in [0.25, 0.3) is 0 Å². The lowest BCUT2D eigenvalue weighted by Crippen LogP contribution is -2.09. The van der Waals surface area contributed by atoms with E-state index in [-0.39, 0.29) is 0 Å². The van der Waals surface area contributed by atoms with Crippen molar-refractivity contribution in [1.82, 2.24) is 9.97 Å². The van der Waals surface area contributed by atoms with E-state index in [1.165, 1.54) is 11.8 Å². The first-order chi connectivity index (χ1) is 13.7. The van der Waals surface area contributed by atoms with Gasteiger partial charge >= 0.3 is 0 Å². The van der Waals surface area contributed by atoms with Crippen LogP contribution in [0.2, 0.25) is 0 Å². The van der Waals surface area contributed by atoms with E-state index in [0.717, 1.165) is 35.2 Å². The number of aromatic nitrogens is 2. The SMILES string of the molecule is CCCC[S+]([O-])CSc1nc(-c2cccnc2)cc(-c2ccccc2)c1C#N. The van der Waals surface area contributed by atoms with Crippen LogP contribution in [-0.2, 0) is 11.2 Å². The molecule has 2 heterocycles. The molecule has 0 fully saturated rings. The monoisotopic (exact) mass is 407 g/mol. The van der Waals surface area contributed by atoms with E-state index in [4.69, 9.17) is 4.98 Å². The maximum absolute atomic E-state index is 12.3. The molecule has 0 aliphatic rings. The molecule has 1 atom stereocenters. The second kappa shape index (κ2) is 10.3. The first-order valence-corrected chi connectivity index (χ1v) is 11.6. The summed E-state index contributed by atoms with van der Waals surface area (Å²) in [4.78, 5) is 8.90. The van der Waals surface area contributed by atoms with Crippen LogP contribution >= 0.6 is 11.8 Å². The van der Waals surface area contributed by atoms with Gasteiger partial charge in [0.15, 0.2) is 5.08 Å². The third-order valence-electron chi connectivity index (χ3n) is 4.19. The molecule has 28 heavy (non-hydrogen) atoms. The summed E-state index contributed by atoms with van der Waals surface area (Å²) in [6, 6.07) is 17.9. The Morgan fingerprint density at radius 2 is 1.93 bits per heavy atom. The maximum Gasteiger partial charge on any atom is 0.156 e. The van der Waals surface area contributed by atoms with Crippen LogP contribution in [0.15, 0.2) is 66.0 Å². The van der Waals surface area contributed by atoms with Gasteiger partial charge in [0.05, 0.1) is 11.3 Å². The van der Waals surface area contributed by atoms with E-state index in [1.807, 2.05) is 48.5 Å². The van der Waals surface area contributed by atoms with Crippen molar-refractivity contribution >= 4 is 22.9 Å². The smallest absolute Gasteiger partial charge is 0.156 e. The van der Waals surface area contributed by atoms with Crippen LogP contribution in [0, 0.1) is 11.3 Å². The number of hydrogen-bond acceptors (Lipinski definition) is 5. The summed E-state index contributed by atoms with van der Waals surface area (Å²) in [5, 5.41) is 10.9. The normalized spacial score (nSPS) is 11.8.